The van der Waals surface area contributed by atoms with Crippen LogP contribution in [0.1, 0.15) is 32.9 Å². The second-order valence-corrected chi connectivity index (χ2v) is 11.5. The Morgan fingerprint density at radius 2 is 1.81 bits per heavy atom. The predicted octanol–water partition coefficient (Wildman–Crippen LogP) is 4.97. The summed E-state index contributed by atoms with van der Waals surface area (Å²) in [5.41, 5.74) is 0.658. The van der Waals surface area contributed by atoms with Crippen molar-refractivity contribution in [3.05, 3.63) is 30.1 Å². The lowest BCUT2D eigenvalue weighted by molar-refractivity contribution is -0.200. The number of halogens is 3. The molecule has 0 spiro atoms. The van der Waals surface area contributed by atoms with Crippen LogP contribution in [0.4, 0.5) is 13.2 Å². The molecule has 1 unspecified atom stereocenters. The first kappa shape index (κ1) is 18.2. The highest BCUT2D eigenvalue weighted by atomic mass is 28.4. The highest BCUT2D eigenvalue weighted by Crippen LogP contribution is 2.40. The molecule has 0 aromatic carbocycles. The SMILES string of the molecule is CC(C)(C)[Si](C)(C)OC(CCc1ccccn1)C(F)(F)F. The van der Waals surface area contributed by atoms with Gasteiger partial charge in [-0.25, -0.2) is 0 Å². The molecule has 0 N–H and O–H groups in total. The fraction of sp³-hybridized carbons (Fsp3) is 0.667. The molecule has 0 aliphatic carbocycles. The zero-order chi connectivity index (χ0) is 16.3. The molecule has 0 saturated heterocycles. The molecule has 0 aliphatic heterocycles. The Morgan fingerprint density at radius 3 is 2.24 bits per heavy atom. The lowest BCUT2D eigenvalue weighted by Crippen LogP contribution is -2.48. The van der Waals surface area contributed by atoms with Crippen LogP contribution in [0.2, 0.25) is 18.1 Å². The molecule has 120 valence electrons. The van der Waals surface area contributed by atoms with E-state index >= 15 is 0 Å². The summed E-state index contributed by atoms with van der Waals surface area (Å²) in [6, 6.07) is 5.26. The van der Waals surface area contributed by atoms with Gasteiger partial charge in [0.2, 0.25) is 0 Å². The summed E-state index contributed by atoms with van der Waals surface area (Å²) in [5, 5.41) is -0.249. The van der Waals surface area contributed by atoms with E-state index in [-0.39, 0.29) is 17.9 Å². The Balaban J connectivity index is 2.78. The minimum atomic E-state index is -4.34. The van der Waals surface area contributed by atoms with Gasteiger partial charge in [-0.15, -0.1) is 0 Å². The van der Waals surface area contributed by atoms with Crippen LogP contribution in [0.3, 0.4) is 0 Å². The molecule has 0 saturated carbocycles. The van der Waals surface area contributed by atoms with Crippen molar-refractivity contribution in [2.75, 3.05) is 0 Å². The van der Waals surface area contributed by atoms with Gasteiger partial charge in [-0.3, -0.25) is 4.98 Å². The number of hydrogen-bond donors (Lipinski definition) is 0. The maximum atomic E-state index is 13.2. The largest absolute Gasteiger partial charge is 0.413 e. The second kappa shape index (κ2) is 6.48. The van der Waals surface area contributed by atoms with Gasteiger partial charge in [0.25, 0.3) is 0 Å². The summed E-state index contributed by atoms with van der Waals surface area (Å²) in [5.74, 6) is 0. The van der Waals surface area contributed by atoms with Gasteiger partial charge in [0, 0.05) is 11.9 Å². The van der Waals surface area contributed by atoms with Crippen molar-refractivity contribution in [2.45, 2.75) is 64.0 Å². The summed E-state index contributed by atoms with van der Waals surface area (Å²) in [4.78, 5) is 4.07. The lowest BCUT2D eigenvalue weighted by atomic mass is 10.1. The molecule has 0 amide bonds. The number of nitrogens with zero attached hydrogens (tertiary/aromatic N) is 1. The van der Waals surface area contributed by atoms with Gasteiger partial charge in [-0.05, 0) is 43.1 Å². The first-order valence-electron chi connectivity index (χ1n) is 7.08. The molecule has 0 radical (unpaired) electrons. The van der Waals surface area contributed by atoms with E-state index in [1.165, 1.54) is 0 Å². The van der Waals surface area contributed by atoms with Crippen molar-refractivity contribution in [2.24, 2.45) is 0 Å². The standard InChI is InChI=1S/C15H24F3NOSi/c1-14(2,3)21(4,5)20-13(15(16,17)18)10-9-12-8-6-7-11-19-12/h6-8,11,13H,9-10H2,1-5H3. The van der Waals surface area contributed by atoms with E-state index < -0.39 is 20.6 Å². The van der Waals surface area contributed by atoms with Gasteiger partial charge in [-0.2, -0.15) is 13.2 Å². The van der Waals surface area contributed by atoms with E-state index in [0.29, 0.717) is 5.69 Å². The molecule has 0 bridgehead atoms. The van der Waals surface area contributed by atoms with Gasteiger partial charge >= 0.3 is 6.18 Å². The van der Waals surface area contributed by atoms with Gasteiger partial charge in [-0.1, -0.05) is 26.8 Å². The van der Waals surface area contributed by atoms with Gasteiger partial charge in [0.05, 0.1) is 0 Å². The minimum absolute atomic E-state index is 0.0903. The molecular formula is C15H24F3NOSi. The number of aryl methyl sites for hydroxylation is 1. The summed E-state index contributed by atoms with van der Waals surface area (Å²) < 4.78 is 45.2. The first-order valence-corrected chi connectivity index (χ1v) is 9.99. The van der Waals surface area contributed by atoms with E-state index in [0.717, 1.165) is 0 Å². The Morgan fingerprint density at radius 1 is 1.19 bits per heavy atom. The lowest BCUT2D eigenvalue weighted by Gasteiger charge is -2.39. The van der Waals surface area contributed by atoms with Gasteiger partial charge < -0.3 is 4.43 Å². The molecule has 0 fully saturated rings. The van der Waals surface area contributed by atoms with Gasteiger partial charge in [0.15, 0.2) is 8.32 Å². The summed E-state index contributed by atoms with van der Waals surface area (Å²) in [6.45, 7) is 9.49. The third-order valence-corrected chi connectivity index (χ3v) is 8.48. The molecule has 1 aromatic rings. The molecule has 0 aliphatic rings. The second-order valence-electron chi connectivity index (χ2n) is 6.77. The third kappa shape index (κ3) is 5.43. The first-order chi connectivity index (χ1) is 9.43. The third-order valence-electron chi connectivity index (χ3n) is 4.00. The van der Waals surface area contributed by atoms with Crippen molar-refractivity contribution < 1.29 is 17.6 Å². The zero-order valence-electron chi connectivity index (χ0n) is 13.3. The van der Waals surface area contributed by atoms with E-state index in [1.807, 2.05) is 33.9 Å². The molecule has 21 heavy (non-hydrogen) atoms. The highest BCUT2D eigenvalue weighted by molar-refractivity contribution is 6.74. The van der Waals surface area contributed by atoms with Crippen LogP contribution in [0, 0.1) is 0 Å². The van der Waals surface area contributed by atoms with Crippen molar-refractivity contribution in [1.82, 2.24) is 4.98 Å². The summed E-state index contributed by atoms with van der Waals surface area (Å²) in [6.07, 6.45) is -4.30. The number of aromatic nitrogens is 1. The van der Waals surface area contributed by atoms with Crippen LogP contribution in [0.25, 0.3) is 0 Å². The van der Waals surface area contributed by atoms with Crippen molar-refractivity contribution in [3.63, 3.8) is 0 Å². The van der Waals surface area contributed by atoms with Crippen LogP contribution in [-0.2, 0) is 10.8 Å². The number of pyridine rings is 1. The maximum absolute atomic E-state index is 13.2. The van der Waals surface area contributed by atoms with Crippen LogP contribution in [0.15, 0.2) is 24.4 Å². The van der Waals surface area contributed by atoms with Crippen molar-refractivity contribution in [3.8, 4) is 0 Å². The molecule has 6 heteroatoms. The molecule has 1 aromatic heterocycles. The van der Waals surface area contributed by atoms with E-state index in [4.69, 9.17) is 4.43 Å². The fourth-order valence-corrected chi connectivity index (χ4v) is 2.96. The topological polar surface area (TPSA) is 22.1 Å². The Labute approximate surface area is 125 Å². The highest BCUT2D eigenvalue weighted by Gasteiger charge is 2.47. The Hall–Kier alpha value is -0.883. The number of alkyl halides is 3. The van der Waals surface area contributed by atoms with E-state index in [9.17, 15) is 13.2 Å². The fourth-order valence-electron chi connectivity index (χ4n) is 1.65. The van der Waals surface area contributed by atoms with Crippen LogP contribution < -0.4 is 0 Å². The summed E-state index contributed by atoms with van der Waals surface area (Å²) >= 11 is 0. The van der Waals surface area contributed by atoms with E-state index in [1.54, 1.807) is 24.4 Å². The monoisotopic (exact) mass is 319 g/mol. The molecule has 1 heterocycles. The quantitative estimate of drug-likeness (QED) is 0.715. The summed E-state index contributed by atoms with van der Waals surface area (Å²) in [7, 11) is -2.46. The average molecular weight is 319 g/mol. The van der Waals surface area contributed by atoms with Crippen molar-refractivity contribution in [1.29, 1.82) is 0 Å². The van der Waals surface area contributed by atoms with Crippen LogP contribution in [-0.4, -0.2) is 25.6 Å². The molecular weight excluding hydrogens is 295 g/mol. The Kier molecular flexibility index (Phi) is 5.61. The number of rotatable bonds is 5. The minimum Gasteiger partial charge on any atom is -0.405 e. The predicted molar refractivity (Wildman–Crippen MR) is 80.7 cm³/mol. The zero-order valence-corrected chi connectivity index (χ0v) is 14.3. The molecule has 1 rings (SSSR count). The smallest absolute Gasteiger partial charge is 0.405 e. The van der Waals surface area contributed by atoms with Gasteiger partial charge in [0.1, 0.15) is 6.10 Å². The van der Waals surface area contributed by atoms with Crippen LogP contribution >= 0.6 is 0 Å². The maximum Gasteiger partial charge on any atom is 0.413 e. The molecule has 1 atom stereocenters. The normalized spacial score (nSPS) is 15.0. The van der Waals surface area contributed by atoms with Crippen LogP contribution in [0.5, 0.6) is 0 Å². The number of hydrogen-bond acceptors (Lipinski definition) is 2. The van der Waals surface area contributed by atoms with Crippen molar-refractivity contribution >= 4 is 8.32 Å². The average Bonchev–Trinajstić information content (AvgIpc) is 2.33. The molecule has 2 nitrogen and oxygen atoms in total. The van der Waals surface area contributed by atoms with E-state index in [2.05, 4.69) is 4.98 Å². The Bertz CT molecular complexity index is 440.